The molecule has 2 atom stereocenters. The number of carbonyl (C=O) groups is 2. The number of anilines is 5. The maximum atomic E-state index is 12.2. The minimum atomic E-state index is -6.00. The number of halogens is 8. The highest BCUT2D eigenvalue weighted by molar-refractivity contribution is 6.50. The predicted molar refractivity (Wildman–Crippen MR) is 328 cm³/mol. The van der Waals surface area contributed by atoms with Crippen LogP contribution in [0.4, 0.5) is 63.0 Å². The fourth-order valence-electron chi connectivity index (χ4n) is 8.08. The zero-order valence-corrected chi connectivity index (χ0v) is 50.5. The van der Waals surface area contributed by atoms with E-state index in [2.05, 4.69) is 222 Å². The van der Waals surface area contributed by atoms with Crippen LogP contribution >= 0.6 is 0 Å². The van der Waals surface area contributed by atoms with E-state index >= 15 is 0 Å². The summed E-state index contributed by atoms with van der Waals surface area (Å²) >= 11 is 0. The molecule has 85 heavy (non-hydrogen) atoms. The number of hydrogen-bond donors (Lipinski definition) is 0. The molecule has 0 spiro atoms. The van der Waals surface area contributed by atoms with Crippen molar-refractivity contribution in [3.63, 3.8) is 0 Å². The molecule has 0 radical (unpaired) electrons. The standard InChI is InChI=1S/C28H32N2O2.C19H20N2.C10H14.C9H18O3.2BF4/c1-4-28(2,3)27(31)32-21-13-12-20-29-23-16-8-10-18-25(23)30(22-14-6-5-7-15-22)26-19-11-9-17-24(26)29;1-2-20-12-8-18(9-13-20)19-10-14-21(15-11-19)16-17-6-4-3-5-7-17;1-3-9(2)10-7-5-4-6-8-10;1-4-8(3)9(10)12-7-6-11-5-2;2*2-1(3,4)5/h5-11,14-19H,4,12-13,20-21H2,1-3H3;3-15H,2,16H2,1H3;4-9H,3H2,1-2H3;8H,4-7H2,1-3H3;;/q;+2;;;2*-1/t;;9-;8-;;/m..11../s1. The third-order valence-electron chi connectivity index (χ3n) is 13.6. The van der Waals surface area contributed by atoms with Crippen molar-refractivity contribution in [1.82, 2.24) is 0 Å². The number of ether oxygens (including phenoxy) is 3. The minimum absolute atomic E-state index is 0.00614. The zero-order chi connectivity index (χ0) is 62.8. The van der Waals surface area contributed by atoms with Crippen LogP contribution in [0, 0.1) is 11.3 Å². The molecular formula is C66H84B2F8N4O5. The summed E-state index contributed by atoms with van der Waals surface area (Å²) in [5.74, 6) is 0.484. The number of carbonyl (C=O) groups excluding carboxylic acids is 2. The smallest absolute Gasteiger partial charge is 0.465 e. The molecule has 7 aromatic rings. The van der Waals surface area contributed by atoms with Crippen LogP contribution in [0.3, 0.4) is 0 Å². The topological polar surface area (TPSA) is 76.1 Å². The number of para-hydroxylation sites is 5. The van der Waals surface area contributed by atoms with Gasteiger partial charge in [0.05, 0.1) is 47.3 Å². The van der Waals surface area contributed by atoms with E-state index in [-0.39, 0.29) is 17.9 Å². The van der Waals surface area contributed by atoms with Crippen molar-refractivity contribution in [2.75, 3.05) is 42.8 Å². The lowest BCUT2D eigenvalue weighted by molar-refractivity contribution is -0.693. The number of fused-ring (bicyclic) bond motifs is 2. The number of unbranched alkanes of at least 4 members (excludes halogenated alkanes) is 1. The van der Waals surface area contributed by atoms with Crippen molar-refractivity contribution in [2.24, 2.45) is 11.3 Å². The summed E-state index contributed by atoms with van der Waals surface area (Å²) in [5.41, 5.74) is 10.8. The Morgan fingerprint density at radius 3 is 1.42 bits per heavy atom. The quantitative estimate of drug-likeness (QED) is 0.0247. The van der Waals surface area contributed by atoms with Crippen molar-refractivity contribution in [3.05, 3.63) is 200 Å². The molecule has 9 nitrogen and oxygen atoms in total. The number of pyridine rings is 2. The molecule has 19 heteroatoms. The van der Waals surface area contributed by atoms with Crippen molar-refractivity contribution >= 4 is 54.9 Å². The van der Waals surface area contributed by atoms with Gasteiger partial charge in [0.1, 0.15) is 13.2 Å². The van der Waals surface area contributed by atoms with Crippen LogP contribution in [0.15, 0.2) is 189 Å². The molecule has 0 aliphatic carbocycles. The maximum Gasteiger partial charge on any atom is 0.673 e. The summed E-state index contributed by atoms with van der Waals surface area (Å²) in [5, 5.41) is 0. The van der Waals surface area contributed by atoms with E-state index < -0.39 is 19.9 Å². The largest absolute Gasteiger partial charge is 0.673 e. The Morgan fingerprint density at radius 1 is 0.529 bits per heavy atom. The second kappa shape index (κ2) is 37.7. The highest BCUT2D eigenvalue weighted by atomic mass is 19.5. The van der Waals surface area contributed by atoms with Crippen LogP contribution in [0.25, 0.3) is 11.1 Å². The maximum absolute atomic E-state index is 12.2. The van der Waals surface area contributed by atoms with Crippen molar-refractivity contribution < 1.29 is 67.5 Å². The number of esters is 2. The van der Waals surface area contributed by atoms with Gasteiger partial charge in [-0.3, -0.25) is 9.59 Å². The van der Waals surface area contributed by atoms with Gasteiger partial charge in [-0.25, -0.2) is 9.13 Å². The SMILES string of the molecule is CCC(C)(C)C(=O)OCCCCN1c2ccccc2N(c2ccccc2)c2ccccc21.CCOCCOC(=O)[C@H](C)CC.CC[C@@H](C)c1ccccc1.CC[n+]1ccc(-c2cc[n+](Cc3ccccc3)cc2)cc1.F[B-](F)(F)F.F[B-](F)(F)F. The monoisotopic (exact) mass is 1190 g/mol. The van der Waals surface area contributed by atoms with Crippen molar-refractivity contribution in [3.8, 4) is 11.1 Å². The Labute approximate surface area is 498 Å². The lowest BCUT2D eigenvalue weighted by atomic mass is 9.91. The van der Waals surface area contributed by atoms with E-state index in [0.29, 0.717) is 32.3 Å². The number of rotatable bonds is 20. The van der Waals surface area contributed by atoms with E-state index in [0.717, 1.165) is 51.0 Å². The third-order valence-corrected chi connectivity index (χ3v) is 13.6. The first-order valence-corrected chi connectivity index (χ1v) is 29.0. The lowest BCUT2D eigenvalue weighted by Gasteiger charge is -2.40. The molecule has 0 saturated carbocycles. The highest BCUT2D eigenvalue weighted by Gasteiger charge is 2.30. The second-order valence-electron chi connectivity index (χ2n) is 20.4. The van der Waals surface area contributed by atoms with E-state index in [4.69, 9.17) is 14.2 Å². The number of nitrogens with zero attached hydrogens (tertiary/aromatic N) is 4. The van der Waals surface area contributed by atoms with E-state index in [1.54, 1.807) is 0 Å². The molecule has 0 unspecified atom stereocenters. The van der Waals surface area contributed by atoms with E-state index in [1.807, 2.05) is 47.6 Å². The molecule has 2 aromatic heterocycles. The number of aromatic nitrogens is 2. The summed E-state index contributed by atoms with van der Waals surface area (Å²) in [4.78, 5) is 28.0. The van der Waals surface area contributed by atoms with Crippen LogP contribution in [0.5, 0.6) is 0 Å². The fraction of sp³-hybridized carbons (Fsp3) is 0.364. The molecule has 0 amide bonds. The van der Waals surface area contributed by atoms with Crippen LogP contribution in [0.1, 0.15) is 111 Å². The van der Waals surface area contributed by atoms with Gasteiger partial charge in [0.15, 0.2) is 31.3 Å². The Hall–Kier alpha value is -7.53. The van der Waals surface area contributed by atoms with Gasteiger partial charge in [0.25, 0.3) is 0 Å². The van der Waals surface area contributed by atoms with Gasteiger partial charge in [0.2, 0.25) is 0 Å². The first-order chi connectivity index (χ1) is 40.4. The first kappa shape index (κ1) is 71.7. The molecule has 0 saturated heterocycles. The number of aryl methyl sites for hydroxylation is 1. The average Bonchev–Trinajstić information content (AvgIpc) is 2.82. The first-order valence-electron chi connectivity index (χ1n) is 29.0. The minimum Gasteiger partial charge on any atom is -0.465 e. The van der Waals surface area contributed by atoms with Crippen LogP contribution in [0.2, 0.25) is 0 Å². The molecule has 3 heterocycles. The van der Waals surface area contributed by atoms with Crippen molar-refractivity contribution in [2.45, 2.75) is 113 Å². The Morgan fingerprint density at radius 2 is 0.976 bits per heavy atom. The van der Waals surface area contributed by atoms with Crippen LogP contribution in [-0.4, -0.2) is 59.4 Å². The lowest BCUT2D eigenvalue weighted by Crippen LogP contribution is -2.33. The molecule has 5 aromatic carbocycles. The van der Waals surface area contributed by atoms with Gasteiger partial charge in [0, 0.05) is 48.7 Å². The number of hydrogen-bond acceptors (Lipinski definition) is 7. The summed E-state index contributed by atoms with van der Waals surface area (Å²) < 4.78 is 97.9. The van der Waals surface area contributed by atoms with Gasteiger partial charge >= 0.3 is 26.4 Å². The zero-order valence-electron chi connectivity index (χ0n) is 50.5. The third kappa shape index (κ3) is 27.8. The average molecular weight is 1190 g/mol. The van der Waals surface area contributed by atoms with Gasteiger partial charge < -0.3 is 58.5 Å². The summed E-state index contributed by atoms with van der Waals surface area (Å²) in [6.07, 6.45) is 13.2. The molecule has 0 N–H and O–H groups in total. The predicted octanol–water partition coefficient (Wildman–Crippen LogP) is 17.8. The van der Waals surface area contributed by atoms with Crippen molar-refractivity contribution in [1.29, 1.82) is 0 Å². The van der Waals surface area contributed by atoms with Gasteiger partial charge in [-0.05, 0) is 119 Å². The summed E-state index contributed by atoms with van der Waals surface area (Å²) in [6, 6.07) is 57.4. The molecule has 460 valence electrons. The second-order valence-corrected chi connectivity index (χ2v) is 20.4. The molecule has 1 aliphatic heterocycles. The Balaban J connectivity index is 0.000000305. The molecule has 1 aliphatic rings. The Kier molecular flexibility index (Phi) is 31.8. The van der Waals surface area contributed by atoms with Gasteiger partial charge in [-0.15, -0.1) is 0 Å². The van der Waals surface area contributed by atoms with Gasteiger partial charge in [-0.1, -0.05) is 138 Å². The fourth-order valence-corrected chi connectivity index (χ4v) is 8.08. The van der Waals surface area contributed by atoms with Crippen LogP contribution < -0.4 is 18.9 Å². The van der Waals surface area contributed by atoms with E-state index in [1.165, 1.54) is 51.4 Å². The van der Waals surface area contributed by atoms with Gasteiger partial charge in [-0.2, -0.15) is 0 Å². The number of benzene rings is 5. The molecule has 0 fully saturated rings. The summed E-state index contributed by atoms with van der Waals surface area (Å²) in [6.45, 7) is 23.1. The normalized spacial score (nSPS) is 12.2. The molecular weight excluding hydrogens is 1100 g/mol. The summed E-state index contributed by atoms with van der Waals surface area (Å²) in [7, 11) is -12.0. The van der Waals surface area contributed by atoms with E-state index in [9.17, 15) is 44.1 Å². The Bertz CT molecular complexity index is 2880. The molecule has 0 bridgehead atoms. The highest BCUT2D eigenvalue weighted by Crippen LogP contribution is 2.51. The molecule has 8 rings (SSSR count). The van der Waals surface area contributed by atoms with Crippen LogP contribution in [-0.2, 0) is 36.9 Å².